The van der Waals surface area contributed by atoms with Crippen molar-refractivity contribution < 1.29 is 9.90 Å². The van der Waals surface area contributed by atoms with Gasteiger partial charge in [-0.2, -0.15) is 0 Å². The maximum Gasteiger partial charge on any atom is 0.220 e. The largest absolute Gasteiger partial charge is 0.388 e. The molecule has 0 bridgehead atoms. The van der Waals surface area contributed by atoms with E-state index < -0.39 is 5.60 Å². The summed E-state index contributed by atoms with van der Waals surface area (Å²) < 4.78 is 0. The molecule has 100 valence electrons. The van der Waals surface area contributed by atoms with E-state index in [4.69, 9.17) is 0 Å². The highest BCUT2D eigenvalue weighted by Crippen LogP contribution is 2.14. The number of aliphatic hydroxyl groups is 1. The molecule has 18 heavy (non-hydrogen) atoms. The number of amides is 1. The summed E-state index contributed by atoms with van der Waals surface area (Å²) in [4.78, 5) is 11.7. The molecule has 0 spiro atoms. The van der Waals surface area contributed by atoms with E-state index in [9.17, 15) is 9.90 Å². The molecule has 0 radical (unpaired) electrons. The van der Waals surface area contributed by atoms with Crippen LogP contribution in [0.25, 0.3) is 0 Å². The van der Waals surface area contributed by atoms with Gasteiger partial charge in [-0.1, -0.05) is 44.2 Å². The zero-order chi connectivity index (χ0) is 13.6. The molecule has 0 fully saturated rings. The van der Waals surface area contributed by atoms with Crippen LogP contribution in [-0.4, -0.2) is 23.2 Å². The van der Waals surface area contributed by atoms with Gasteiger partial charge in [-0.3, -0.25) is 4.79 Å². The number of benzene rings is 1. The lowest BCUT2D eigenvalue weighted by Crippen LogP contribution is -2.44. The van der Waals surface area contributed by atoms with E-state index in [1.54, 1.807) is 6.92 Å². The van der Waals surface area contributed by atoms with Crippen LogP contribution in [0.2, 0.25) is 0 Å². The fourth-order valence-electron chi connectivity index (χ4n) is 1.47. The topological polar surface area (TPSA) is 49.3 Å². The van der Waals surface area contributed by atoms with Crippen molar-refractivity contribution in [3.63, 3.8) is 0 Å². The molecule has 1 rings (SSSR count). The number of hydrogen-bond acceptors (Lipinski definition) is 2. The number of carbonyl (C=O) groups excluding carboxylic acids is 1. The van der Waals surface area contributed by atoms with Gasteiger partial charge in [0.2, 0.25) is 5.91 Å². The molecule has 0 aromatic heterocycles. The van der Waals surface area contributed by atoms with Crippen molar-refractivity contribution in [3.05, 3.63) is 35.9 Å². The summed E-state index contributed by atoms with van der Waals surface area (Å²) in [5.74, 6) is 0.103. The smallest absolute Gasteiger partial charge is 0.220 e. The fourth-order valence-corrected chi connectivity index (χ4v) is 1.47. The van der Waals surface area contributed by atoms with Gasteiger partial charge < -0.3 is 10.4 Å². The highest BCUT2D eigenvalue weighted by Gasteiger charge is 2.25. The Bertz CT molecular complexity index is 371. The first-order valence-electron chi connectivity index (χ1n) is 6.45. The Morgan fingerprint density at radius 2 is 1.94 bits per heavy atom. The molecule has 0 aliphatic heterocycles. The van der Waals surface area contributed by atoms with Gasteiger partial charge in [0, 0.05) is 13.0 Å². The SMILES string of the molecule is CC(C)C(C)(O)CNC(=O)CCc1ccccc1. The number of rotatable bonds is 6. The maximum absolute atomic E-state index is 11.7. The van der Waals surface area contributed by atoms with Crippen LogP contribution in [0, 0.1) is 5.92 Å². The molecular formula is C15H23NO2. The summed E-state index contributed by atoms with van der Waals surface area (Å²) in [6, 6.07) is 9.92. The molecule has 0 aliphatic rings. The summed E-state index contributed by atoms with van der Waals surface area (Å²) in [5, 5.41) is 12.8. The summed E-state index contributed by atoms with van der Waals surface area (Å²) in [6.45, 7) is 5.93. The molecule has 1 aromatic rings. The van der Waals surface area contributed by atoms with E-state index in [0.717, 1.165) is 12.0 Å². The molecule has 0 saturated carbocycles. The Kier molecular flexibility index (Phi) is 5.35. The molecule has 1 amide bonds. The van der Waals surface area contributed by atoms with Crippen LogP contribution in [0.15, 0.2) is 30.3 Å². The Labute approximate surface area is 109 Å². The van der Waals surface area contributed by atoms with E-state index in [0.29, 0.717) is 13.0 Å². The Morgan fingerprint density at radius 1 is 1.33 bits per heavy atom. The van der Waals surface area contributed by atoms with Crippen LogP contribution in [0.4, 0.5) is 0 Å². The Balaban J connectivity index is 2.31. The van der Waals surface area contributed by atoms with Gasteiger partial charge in [-0.05, 0) is 24.8 Å². The predicted molar refractivity (Wildman–Crippen MR) is 73.2 cm³/mol. The van der Waals surface area contributed by atoms with Gasteiger partial charge in [-0.25, -0.2) is 0 Å². The standard InChI is InChI=1S/C15H23NO2/c1-12(2)15(3,18)11-16-14(17)10-9-13-7-5-4-6-8-13/h4-8,12,18H,9-11H2,1-3H3,(H,16,17). The van der Waals surface area contributed by atoms with Crippen LogP contribution >= 0.6 is 0 Å². The van der Waals surface area contributed by atoms with Crippen molar-refractivity contribution in [1.29, 1.82) is 0 Å². The lowest BCUT2D eigenvalue weighted by molar-refractivity contribution is -0.122. The zero-order valence-corrected chi connectivity index (χ0v) is 11.4. The van der Waals surface area contributed by atoms with Crippen molar-refractivity contribution in [1.82, 2.24) is 5.32 Å². The Hall–Kier alpha value is -1.35. The average molecular weight is 249 g/mol. The first-order valence-corrected chi connectivity index (χ1v) is 6.45. The summed E-state index contributed by atoms with van der Waals surface area (Å²) >= 11 is 0. The first kappa shape index (κ1) is 14.7. The second-order valence-electron chi connectivity index (χ2n) is 5.27. The second kappa shape index (κ2) is 6.55. The highest BCUT2D eigenvalue weighted by molar-refractivity contribution is 5.76. The summed E-state index contributed by atoms with van der Waals surface area (Å²) in [6.07, 6.45) is 1.19. The molecule has 1 atom stereocenters. The molecule has 0 saturated heterocycles. The molecule has 1 unspecified atom stereocenters. The number of aryl methyl sites for hydroxylation is 1. The van der Waals surface area contributed by atoms with Crippen molar-refractivity contribution >= 4 is 5.91 Å². The monoisotopic (exact) mass is 249 g/mol. The predicted octanol–water partition coefficient (Wildman–Crippen LogP) is 2.14. The van der Waals surface area contributed by atoms with E-state index in [1.165, 1.54) is 0 Å². The molecular weight excluding hydrogens is 226 g/mol. The van der Waals surface area contributed by atoms with Crippen molar-refractivity contribution in [3.8, 4) is 0 Å². The van der Waals surface area contributed by atoms with Crippen LogP contribution in [0.1, 0.15) is 32.8 Å². The third-order valence-corrected chi connectivity index (χ3v) is 3.37. The van der Waals surface area contributed by atoms with Crippen molar-refractivity contribution in [2.45, 2.75) is 39.2 Å². The van der Waals surface area contributed by atoms with E-state index in [2.05, 4.69) is 5.32 Å². The quantitative estimate of drug-likeness (QED) is 0.811. The number of nitrogens with one attached hydrogen (secondary N) is 1. The van der Waals surface area contributed by atoms with E-state index >= 15 is 0 Å². The number of carbonyl (C=O) groups is 1. The van der Waals surface area contributed by atoms with Gasteiger partial charge in [0.05, 0.1) is 5.60 Å². The van der Waals surface area contributed by atoms with Gasteiger partial charge in [0.15, 0.2) is 0 Å². The molecule has 0 aliphatic carbocycles. The van der Waals surface area contributed by atoms with Gasteiger partial charge in [0.1, 0.15) is 0 Å². The molecule has 2 N–H and O–H groups in total. The minimum Gasteiger partial charge on any atom is -0.388 e. The Morgan fingerprint density at radius 3 is 2.50 bits per heavy atom. The van der Waals surface area contributed by atoms with Gasteiger partial charge in [-0.15, -0.1) is 0 Å². The lowest BCUT2D eigenvalue weighted by atomic mass is 9.92. The second-order valence-corrected chi connectivity index (χ2v) is 5.27. The average Bonchev–Trinajstić information content (AvgIpc) is 2.35. The summed E-state index contributed by atoms with van der Waals surface area (Å²) in [5.41, 5.74) is 0.311. The van der Waals surface area contributed by atoms with Gasteiger partial charge >= 0.3 is 0 Å². The lowest BCUT2D eigenvalue weighted by Gasteiger charge is -2.27. The molecule has 1 aromatic carbocycles. The fraction of sp³-hybridized carbons (Fsp3) is 0.533. The first-order chi connectivity index (χ1) is 8.42. The molecule has 3 nitrogen and oxygen atoms in total. The van der Waals surface area contributed by atoms with Crippen LogP contribution in [-0.2, 0) is 11.2 Å². The van der Waals surface area contributed by atoms with Gasteiger partial charge in [0.25, 0.3) is 0 Å². The minimum atomic E-state index is -0.845. The molecule has 0 heterocycles. The third kappa shape index (κ3) is 4.88. The van der Waals surface area contributed by atoms with Crippen LogP contribution < -0.4 is 5.32 Å². The van der Waals surface area contributed by atoms with Crippen LogP contribution in [0.5, 0.6) is 0 Å². The van der Waals surface area contributed by atoms with E-state index in [1.807, 2.05) is 44.2 Å². The maximum atomic E-state index is 11.7. The molecule has 3 heteroatoms. The summed E-state index contributed by atoms with van der Waals surface area (Å²) in [7, 11) is 0. The normalized spacial score (nSPS) is 14.3. The van der Waals surface area contributed by atoms with E-state index in [-0.39, 0.29) is 11.8 Å². The van der Waals surface area contributed by atoms with Crippen molar-refractivity contribution in [2.24, 2.45) is 5.92 Å². The minimum absolute atomic E-state index is 0.0141. The van der Waals surface area contributed by atoms with Crippen LogP contribution in [0.3, 0.4) is 0 Å². The highest BCUT2D eigenvalue weighted by atomic mass is 16.3. The third-order valence-electron chi connectivity index (χ3n) is 3.37. The zero-order valence-electron chi connectivity index (χ0n) is 11.4. The van der Waals surface area contributed by atoms with Crippen molar-refractivity contribution in [2.75, 3.05) is 6.54 Å². The number of hydrogen-bond donors (Lipinski definition) is 2.